The largest absolute Gasteiger partial charge is 0.514 e. The number of aliphatic hydroxyl groups excluding tert-OH is 1. The van der Waals surface area contributed by atoms with Crippen molar-refractivity contribution in [3.05, 3.63) is 76.9 Å². The second-order valence-corrected chi connectivity index (χ2v) is 9.46. The molecule has 3 aliphatic rings. The van der Waals surface area contributed by atoms with Crippen molar-refractivity contribution in [2.45, 2.75) is 18.6 Å². The van der Waals surface area contributed by atoms with Crippen molar-refractivity contribution in [1.82, 2.24) is 0 Å². The van der Waals surface area contributed by atoms with E-state index in [9.17, 15) is 14.7 Å². The molecule has 10 heteroatoms. The van der Waals surface area contributed by atoms with Gasteiger partial charge in [0.05, 0.1) is 32.8 Å². The van der Waals surface area contributed by atoms with Crippen LogP contribution in [0.3, 0.4) is 0 Å². The molecule has 0 saturated carbocycles. The Kier molecular flexibility index (Phi) is 6.40. The molecule has 0 aromatic heterocycles. The van der Waals surface area contributed by atoms with Gasteiger partial charge in [-0.1, -0.05) is 30.3 Å². The van der Waals surface area contributed by atoms with E-state index < -0.39 is 30.1 Å². The first-order valence-corrected chi connectivity index (χ1v) is 12.4. The first kappa shape index (κ1) is 24.9. The molecule has 1 N–H and O–H groups in total. The minimum Gasteiger partial charge on any atom is -0.493 e. The Morgan fingerprint density at radius 3 is 2.28 bits per heavy atom. The Morgan fingerprint density at radius 2 is 1.62 bits per heavy atom. The van der Waals surface area contributed by atoms with Crippen LogP contribution >= 0.6 is 0 Å². The summed E-state index contributed by atoms with van der Waals surface area (Å²) in [6.07, 6.45) is -1.98. The summed E-state index contributed by atoms with van der Waals surface area (Å²) in [7, 11) is 2.89. The zero-order chi connectivity index (χ0) is 27.1. The standard InChI is InChI=1S/C29H26O10/c1-33-22-8-16(9-23(34-2)27(22)39-29(32)36-12-15-6-4-3-5-7-15)24-17-10-20-21(38-14-37-20)11-18(17)26(30)25-19(24)13-35-28(25)31/h3-11,19,24-26,30H,12-14H2,1-2H3/t19-,24-,25+,26-/m1/s1. The van der Waals surface area contributed by atoms with Gasteiger partial charge in [-0.15, -0.1) is 0 Å². The SMILES string of the molecule is COc1cc([C@@H]2c3cc4c(cc3[C@@H](O)[C@H]3C(=O)OC[C@H]23)OCO4)cc(OC)c1OC(=O)OCc1ccccc1. The summed E-state index contributed by atoms with van der Waals surface area (Å²) in [6, 6.07) is 16.2. The summed E-state index contributed by atoms with van der Waals surface area (Å²) in [5.41, 5.74) is 2.86. The molecule has 1 saturated heterocycles. The summed E-state index contributed by atoms with van der Waals surface area (Å²) in [6.45, 7) is 0.243. The van der Waals surface area contributed by atoms with Crippen LogP contribution in [-0.4, -0.2) is 44.9 Å². The molecule has 39 heavy (non-hydrogen) atoms. The molecular formula is C29H26O10. The van der Waals surface area contributed by atoms with Crippen LogP contribution in [0, 0.1) is 11.8 Å². The molecule has 0 spiro atoms. The molecule has 3 aromatic rings. The lowest BCUT2D eigenvalue weighted by Gasteiger charge is -2.37. The third-order valence-electron chi connectivity index (χ3n) is 7.38. The summed E-state index contributed by atoms with van der Waals surface area (Å²) >= 11 is 0. The van der Waals surface area contributed by atoms with Gasteiger partial charge in [-0.05, 0) is 46.5 Å². The van der Waals surface area contributed by atoms with Gasteiger partial charge in [-0.25, -0.2) is 4.79 Å². The molecule has 0 radical (unpaired) electrons. The summed E-state index contributed by atoms with van der Waals surface area (Å²) in [5.74, 6) is -0.400. The Hall–Kier alpha value is -4.44. The minimum absolute atomic E-state index is 0.0385. The lowest BCUT2D eigenvalue weighted by molar-refractivity contribution is -0.144. The molecule has 0 unspecified atom stereocenters. The minimum atomic E-state index is -1.06. The van der Waals surface area contributed by atoms with E-state index in [4.69, 9.17) is 33.2 Å². The summed E-state index contributed by atoms with van der Waals surface area (Å²) < 4.78 is 38.5. The van der Waals surface area contributed by atoms with Crippen LogP contribution in [0.5, 0.6) is 28.7 Å². The summed E-state index contributed by atoms with van der Waals surface area (Å²) in [4.78, 5) is 25.2. The molecule has 2 aliphatic heterocycles. The number of fused-ring (bicyclic) bond motifs is 3. The number of carbonyl (C=O) groups excluding carboxylic acids is 2. The van der Waals surface area contributed by atoms with Gasteiger partial charge in [0.2, 0.25) is 12.5 Å². The van der Waals surface area contributed by atoms with Crippen molar-refractivity contribution in [2.75, 3.05) is 27.6 Å². The number of benzene rings is 3. The van der Waals surface area contributed by atoms with E-state index >= 15 is 0 Å². The van der Waals surface area contributed by atoms with Gasteiger partial charge in [-0.2, -0.15) is 0 Å². The Balaban J connectivity index is 1.37. The van der Waals surface area contributed by atoms with E-state index in [-0.39, 0.29) is 43.2 Å². The molecule has 1 fully saturated rings. The van der Waals surface area contributed by atoms with Crippen LogP contribution < -0.4 is 23.7 Å². The van der Waals surface area contributed by atoms with E-state index in [1.54, 1.807) is 18.2 Å². The van der Waals surface area contributed by atoms with Gasteiger partial charge in [0.25, 0.3) is 0 Å². The number of esters is 1. The molecule has 202 valence electrons. The molecule has 6 rings (SSSR count). The van der Waals surface area contributed by atoms with Gasteiger partial charge >= 0.3 is 12.1 Å². The Morgan fingerprint density at radius 1 is 0.949 bits per heavy atom. The zero-order valence-electron chi connectivity index (χ0n) is 21.2. The van der Waals surface area contributed by atoms with E-state index in [0.29, 0.717) is 22.6 Å². The van der Waals surface area contributed by atoms with Gasteiger partial charge in [-0.3, -0.25) is 4.79 Å². The van der Waals surface area contributed by atoms with E-state index in [1.807, 2.05) is 36.4 Å². The average Bonchev–Trinajstić information content (AvgIpc) is 3.58. The highest BCUT2D eigenvalue weighted by molar-refractivity contribution is 5.78. The van der Waals surface area contributed by atoms with Crippen molar-refractivity contribution in [3.8, 4) is 28.7 Å². The zero-order valence-corrected chi connectivity index (χ0v) is 21.2. The maximum absolute atomic E-state index is 12.7. The van der Waals surface area contributed by atoms with Gasteiger partial charge in [0.15, 0.2) is 23.0 Å². The molecule has 1 aliphatic carbocycles. The topological polar surface area (TPSA) is 119 Å². The normalized spacial score (nSPS) is 22.4. The van der Waals surface area contributed by atoms with Crippen LogP contribution in [0.4, 0.5) is 4.79 Å². The second-order valence-electron chi connectivity index (χ2n) is 9.46. The van der Waals surface area contributed by atoms with E-state index in [2.05, 4.69) is 0 Å². The second kappa shape index (κ2) is 10.0. The number of methoxy groups -OCH3 is 2. The van der Waals surface area contributed by atoms with Crippen molar-refractivity contribution in [3.63, 3.8) is 0 Å². The number of rotatable bonds is 6. The highest BCUT2D eigenvalue weighted by Crippen LogP contribution is 2.55. The molecule has 0 bridgehead atoms. The van der Waals surface area contributed by atoms with Crippen molar-refractivity contribution in [1.29, 1.82) is 0 Å². The van der Waals surface area contributed by atoms with Crippen LogP contribution in [0.1, 0.15) is 34.3 Å². The maximum atomic E-state index is 12.7. The number of aliphatic hydroxyl groups is 1. The van der Waals surface area contributed by atoms with Gasteiger partial charge < -0.3 is 38.3 Å². The van der Waals surface area contributed by atoms with Crippen LogP contribution in [0.15, 0.2) is 54.6 Å². The first-order valence-electron chi connectivity index (χ1n) is 12.4. The maximum Gasteiger partial charge on any atom is 0.514 e. The van der Waals surface area contributed by atoms with Crippen LogP contribution in [0.2, 0.25) is 0 Å². The monoisotopic (exact) mass is 534 g/mol. The fourth-order valence-electron chi connectivity index (χ4n) is 5.58. The lowest BCUT2D eigenvalue weighted by atomic mass is 9.66. The quantitative estimate of drug-likeness (QED) is 0.365. The lowest BCUT2D eigenvalue weighted by Crippen LogP contribution is -2.34. The fourth-order valence-corrected chi connectivity index (χ4v) is 5.58. The average molecular weight is 535 g/mol. The van der Waals surface area contributed by atoms with E-state index in [0.717, 1.165) is 11.1 Å². The van der Waals surface area contributed by atoms with Gasteiger partial charge in [0.1, 0.15) is 6.61 Å². The molecule has 10 nitrogen and oxygen atoms in total. The molecule has 0 amide bonds. The highest BCUT2D eigenvalue weighted by Gasteiger charge is 2.52. The smallest absolute Gasteiger partial charge is 0.493 e. The molecule has 2 heterocycles. The number of hydrogen-bond acceptors (Lipinski definition) is 10. The summed E-state index contributed by atoms with van der Waals surface area (Å²) in [5, 5.41) is 11.2. The highest BCUT2D eigenvalue weighted by atomic mass is 16.7. The van der Waals surface area contributed by atoms with Crippen molar-refractivity contribution >= 4 is 12.1 Å². The number of carbonyl (C=O) groups is 2. The van der Waals surface area contributed by atoms with Crippen molar-refractivity contribution < 1.29 is 47.9 Å². The third kappa shape index (κ3) is 4.36. The first-order chi connectivity index (χ1) is 19.0. The van der Waals surface area contributed by atoms with Crippen molar-refractivity contribution in [2.24, 2.45) is 11.8 Å². The molecule has 3 aromatic carbocycles. The predicted molar refractivity (Wildman–Crippen MR) is 134 cm³/mol. The Labute approximate surface area is 223 Å². The van der Waals surface area contributed by atoms with Gasteiger partial charge in [0, 0.05) is 11.8 Å². The fraction of sp³-hybridized carbons (Fsp3) is 0.310. The van der Waals surface area contributed by atoms with Crippen LogP contribution in [-0.2, 0) is 20.9 Å². The van der Waals surface area contributed by atoms with Crippen LogP contribution in [0.25, 0.3) is 0 Å². The predicted octanol–water partition coefficient (Wildman–Crippen LogP) is 4.12. The molecular weight excluding hydrogens is 508 g/mol. The number of cyclic esters (lactones) is 1. The number of ether oxygens (including phenoxy) is 7. The number of hydrogen-bond donors (Lipinski definition) is 1. The Bertz CT molecular complexity index is 1390. The molecule has 4 atom stereocenters. The third-order valence-corrected chi connectivity index (χ3v) is 7.38. The van der Waals surface area contributed by atoms with E-state index in [1.165, 1.54) is 14.2 Å².